The van der Waals surface area contributed by atoms with Crippen molar-refractivity contribution >= 4 is 0 Å². The van der Waals surface area contributed by atoms with Crippen LogP contribution in [0.4, 0.5) is 4.39 Å². The largest absolute Gasteiger partial charge is 0.350 e. The van der Waals surface area contributed by atoms with Crippen molar-refractivity contribution < 1.29 is 4.39 Å². The van der Waals surface area contributed by atoms with Crippen LogP contribution in [-0.2, 0) is 6.54 Å². The third-order valence-electron chi connectivity index (χ3n) is 1.92. The van der Waals surface area contributed by atoms with Gasteiger partial charge in [0.25, 0.3) is 0 Å². The molecular weight excluding hydrogens is 165 g/mol. The first-order valence-corrected chi connectivity index (χ1v) is 4.20. The quantitative estimate of drug-likeness (QED) is 0.661. The molecule has 0 atom stereocenters. The van der Waals surface area contributed by atoms with Gasteiger partial charge in [-0.1, -0.05) is 12.1 Å². The van der Waals surface area contributed by atoms with Gasteiger partial charge in [0.05, 0.1) is 0 Å². The standard InChI is InChI=1S/C11H10FN/c12-11-5-3-4-10(8-11)9-13-6-1-2-7-13/h1-8H,9H2. The van der Waals surface area contributed by atoms with Crippen molar-refractivity contribution in [2.45, 2.75) is 6.54 Å². The normalized spacial score (nSPS) is 10.2. The maximum Gasteiger partial charge on any atom is 0.123 e. The molecular formula is C11H10FN. The second-order valence-electron chi connectivity index (χ2n) is 2.99. The molecule has 1 aromatic heterocycles. The topological polar surface area (TPSA) is 4.93 Å². The van der Waals surface area contributed by atoms with E-state index in [1.807, 2.05) is 35.2 Å². The Kier molecular flexibility index (Phi) is 2.13. The molecule has 1 nitrogen and oxygen atoms in total. The van der Waals surface area contributed by atoms with Gasteiger partial charge in [-0.3, -0.25) is 0 Å². The Balaban J connectivity index is 2.19. The summed E-state index contributed by atoms with van der Waals surface area (Å²) in [7, 11) is 0. The molecule has 1 heterocycles. The van der Waals surface area contributed by atoms with E-state index in [-0.39, 0.29) is 5.82 Å². The van der Waals surface area contributed by atoms with Crippen molar-refractivity contribution in [1.29, 1.82) is 0 Å². The third-order valence-corrected chi connectivity index (χ3v) is 1.92. The Labute approximate surface area is 76.4 Å². The van der Waals surface area contributed by atoms with E-state index >= 15 is 0 Å². The summed E-state index contributed by atoms with van der Waals surface area (Å²) in [5, 5.41) is 0. The molecule has 0 spiro atoms. The highest BCUT2D eigenvalue weighted by Crippen LogP contribution is 2.05. The molecule has 0 aliphatic rings. The predicted molar refractivity (Wildman–Crippen MR) is 49.9 cm³/mol. The number of hydrogen-bond donors (Lipinski definition) is 0. The molecule has 2 rings (SSSR count). The minimum Gasteiger partial charge on any atom is -0.350 e. The Morgan fingerprint density at radius 1 is 1.08 bits per heavy atom. The number of halogens is 1. The Morgan fingerprint density at radius 2 is 1.85 bits per heavy atom. The zero-order valence-corrected chi connectivity index (χ0v) is 7.15. The molecule has 66 valence electrons. The Bertz CT molecular complexity index is 379. The number of aromatic nitrogens is 1. The number of benzene rings is 1. The lowest BCUT2D eigenvalue weighted by atomic mass is 10.2. The minimum atomic E-state index is -0.176. The lowest BCUT2D eigenvalue weighted by molar-refractivity contribution is 0.623. The van der Waals surface area contributed by atoms with E-state index < -0.39 is 0 Å². The van der Waals surface area contributed by atoms with E-state index in [0.717, 1.165) is 12.1 Å². The fourth-order valence-electron chi connectivity index (χ4n) is 1.32. The van der Waals surface area contributed by atoms with Gasteiger partial charge in [0.15, 0.2) is 0 Å². The first-order chi connectivity index (χ1) is 6.34. The zero-order chi connectivity index (χ0) is 9.10. The third kappa shape index (κ3) is 1.96. The van der Waals surface area contributed by atoms with Crippen LogP contribution in [0.3, 0.4) is 0 Å². The molecule has 0 aliphatic heterocycles. The molecule has 13 heavy (non-hydrogen) atoms. The van der Waals surface area contributed by atoms with E-state index in [1.54, 1.807) is 12.1 Å². The van der Waals surface area contributed by atoms with Gasteiger partial charge < -0.3 is 4.57 Å². The molecule has 0 saturated carbocycles. The number of nitrogens with zero attached hydrogens (tertiary/aromatic N) is 1. The molecule has 0 N–H and O–H groups in total. The average molecular weight is 175 g/mol. The fraction of sp³-hybridized carbons (Fsp3) is 0.0909. The van der Waals surface area contributed by atoms with Crippen LogP contribution in [-0.4, -0.2) is 4.57 Å². The Hall–Kier alpha value is -1.57. The Morgan fingerprint density at radius 3 is 2.54 bits per heavy atom. The summed E-state index contributed by atoms with van der Waals surface area (Å²) < 4.78 is 14.8. The van der Waals surface area contributed by atoms with Crippen molar-refractivity contribution in [1.82, 2.24) is 4.57 Å². The molecule has 0 unspecified atom stereocenters. The van der Waals surface area contributed by atoms with Crippen LogP contribution in [0.2, 0.25) is 0 Å². The highest BCUT2D eigenvalue weighted by molar-refractivity contribution is 5.16. The molecule has 0 aliphatic carbocycles. The van der Waals surface area contributed by atoms with Crippen LogP contribution < -0.4 is 0 Å². The van der Waals surface area contributed by atoms with Crippen LogP contribution in [0.1, 0.15) is 5.56 Å². The summed E-state index contributed by atoms with van der Waals surface area (Å²) in [5.41, 5.74) is 0.983. The monoisotopic (exact) mass is 175 g/mol. The molecule has 2 heteroatoms. The van der Waals surface area contributed by atoms with Crippen LogP contribution in [0.15, 0.2) is 48.8 Å². The van der Waals surface area contributed by atoms with Crippen molar-refractivity contribution in [3.05, 3.63) is 60.2 Å². The number of hydrogen-bond acceptors (Lipinski definition) is 0. The summed E-state index contributed by atoms with van der Waals surface area (Å²) in [5.74, 6) is -0.176. The van der Waals surface area contributed by atoms with E-state index in [4.69, 9.17) is 0 Å². The summed E-state index contributed by atoms with van der Waals surface area (Å²) in [6.45, 7) is 0.727. The van der Waals surface area contributed by atoms with Crippen LogP contribution in [0.25, 0.3) is 0 Å². The molecule has 0 fully saturated rings. The molecule has 2 aromatic rings. The van der Waals surface area contributed by atoms with E-state index in [2.05, 4.69) is 0 Å². The van der Waals surface area contributed by atoms with Gasteiger partial charge in [-0.15, -0.1) is 0 Å². The van der Waals surface area contributed by atoms with Gasteiger partial charge in [0.2, 0.25) is 0 Å². The predicted octanol–water partition coefficient (Wildman–Crippen LogP) is 2.68. The van der Waals surface area contributed by atoms with Gasteiger partial charge in [0, 0.05) is 18.9 Å². The van der Waals surface area contributed by atoms with Gasteiger partial charge in [0.1, 0.15) is 5.82 Å². The summed E-state index contributed by atoms with van der Waals surface area (Å²) >= 11 is 0. The summed E-state index contributed by atoms with van der Waals surface area (Å²) in [4.78, 5) is 0. The summed E-state index contributed by atoms with van der Waals surface area (Å²) in [6.07, 6.45) is 3.93. The first kappa shape index (κ1) is 8.05. The molecule has 0 radical (unpaired) electrons. The highest BCUT2D eigenvalue weighted by Gasteiger charge is 1.94. The van der Waals surface area contributed by atoms with Gasteiger partial charge in [-0.25, -0.2) is 4.39 Å². The SMILES string of the molecule is Fc1cccc(Cn2cccc2)c1. The van der Waals surface area contributed by atoms with Gasteiger partial charge in [-0.2, -0.15) is 0 Å². The van der Waals surface area contributed by atoms with Crippen LogP contribution in [0, 0.1) is 5.82 Å². The minimum absolute atomic E-state index is 0.176. The van der Waals surface area contributed by atoms with Crippen molar-refractivity contribution in [3.63, 3.8) is 0 Å². The molecule has 0 amide bonds. The second kappa shape index (κ2) is 3.44. The number of rotatable bonds is 2. The second-order valence-corrected chi connectivity index (χ2v) is 2.99. The smallest absolute Gasteiger partial charge is 0.123 e. The maximum absolute atomic E-state index is 12.8. The van der Waals surface area contributed by atoms with E-state index in [9.17, 15) is 4.39 Å². The lowest BCUT2D eigenvalue weighted by Gasteiger charge is -2.02. The molecule has 0 saturated heterocycles. The fourth-order valence-corrected chi connectivity index (χ4v) is 1.32. The molecule has 1 aromatic carbocycles. The van der Waals surface area contributed by atoms with Crippen molar-refractivity contribution in [3.8, 4) is 0 Å². The van der Waals surface area contributed by atoms with Gasteiger partial charge in [-0.05, 0) is 29.8 Å². The average Bonchev–Trinajstić information content (AvgIpc) is 2.57. The first-order valence-electron chi connectivity index (χ1n) is 4.20. The zero-order valence-electron chi connectivity index (χ0n) is 7.15. The van der Waals surface area contributed by atoms with Gasteiger partial charge >= 0.3 is 0 Å². The van der Waals surface area contributed by atoms with E-state index in [0.29, 0.717) is 0 Å². The van der Waals surface area contributed by atoms with Crippen LogP contribution in [0.5, 0.6) is 0 Å². The van der Waals surface area contributed by atoms with E-state index in [1.165, 1.54) is 6.07 Å². The van der Waals surface area contributed by atoms with Crippen molar-refractivity contribution in [2.24, 2.45) is 0 Å². The molecule has 0 bridgehead atoms. The highest BCUT2D eigenvalue weighted by atomic mass is 19.1. The lowest BCUT2D eigenvalue weighted by Crippen LogP contribution is -1.95. The van der Waals surface area contributed by atoms with Crippen LogP contribution >= 0.6 is 0 Å². The van der Waals surface area contributed by atoms with Crippen molar-refractivity contribution in [2.75, 3.05) is 0 Å². The summed E-state index contributed by atoms with van der Waals surface area (Å²) in [6, 6.07) is 10.6. The maximum atomic E-state index is 12.8.